The van der Waals surface area contributed by atoms with Gasteiger partial charge in [-0.05, 0) is 73.4 Å². The van der Waals surface area contributed by atoms with Crippen molar-refractivity contribution in [3.8, 4) is 6.07 Å². The van der Waals surface area contributed by atoms with Crippen LogP contribution < -0.4 is 16.4 Å². The van der Waals surface area contributed by atoms with Crippen molar-refractivity contribution in [2.45, 2.75) is 69.5 Å². The molecule has 2 aliphatic heterocycles. The summed E-state index contributed by atoms with van der Waals surface area (Å²) >= 11 is 0. The van der Waals surface area contributed by atoms with Gasteiger partial charge in [0.25, 0.3) is 5.91 Å². The highest BCUT2D eigenvalue weighted by Crippen LogP contribution is 2.48. The zero-order valence-corrected chi connectivity index (χ0v) is 21.4. The minimum atomic E-state index is -0.740. The molecular weight excluding hydrogens is 485 g/mol. The van der Waals surface area contributed by atoms with Gasteiger partial charge in [-0.25, -0.2) is 4.39 Å². The van der Waals surface area contributed by atoms with E-state index < -0.39 is 29.7 Å². The number of rotatable bonds is 9. The molecular formula is C29H32FN5O3. The Morgan fingerprint density at radius 2 is 2.05 bits per heavy atom. The van der Waals surface area contributed by atoms with Crippen LogP contribution in [0, 0.1) is 23.1 Å². The molecule has 38 heavy (non-hydrogen) atoms. The van der Waals surface area contributed by atoms with Gasteiger partial charge in [-0.1, -0.05) is 19.1 Å². The zero-order valence-electron chi connectivity index (χ0n) is 21.4. The first-order chi connectivity index (χ1) is 18.2. The number of carbonyl (C=O) groups excluding carboxylic acids is 3. The van der Waals surface area contributed by atoms with Gasteiger partial charge in [0.1, 0.15) is 11.9 Å². The lowest BCUT2D eigenvalue weighted by Crippen LogP contribution is -2.52. The molecule has 0 spiro atoms. The monoisotopic (exact) mass is 517 g/mol. The van der Waals surface area contributed by atoms with E-state index in [1.54, 1.807) is 6.07 Å². The second-order valence-corrected chi connectivity index (χ2v) is 10.9. The van der Waals surface area contributed by atoms with Gasteiger partial charge >= 0.3 is 0 Å². The number of nitrogens with one attached hydrogen (secondary N) is 2. The third-order valence-corrected chi connectivity index (χ3v) is 8.04. The quantitative estimate of drug-likeness (QED) is 0.436. The molecule has 198 valence electrons. The van der Waals surface area contributed by atoms with Crippen LogP contribution in [0.5, 0.6) is 0 Å². The van der Waals surface area contributed by atoms with E-state index in [0.717, 1.165) is 37.1 Å². The molecule has 1 aliphatic carbocycles. The lowest BCUT2D eigenvalue weighted by molar-refractivity contribution is -0.136. The van der Waals surface area contributed by atoms with Crippen molar-refractivity contribution in [1.82, 2.24) is 10.2 Å². The Kier molecular flexibility index (Phi) is 6.93. The number of nitrogens with zero attached hydrogens (tertiary/aromatic N) is 2. The van der Waals surface area contributed by atoms with Crippen molar-refractivity contribution < 1.29 is 18.8 Å². The van der Waals surface area contributed by atoms with Gasteiger partial charge in [0.05, 0.1) is 11.5 Å². The second-order valence-electron chi connectivity index (χ2n) is 10.9. The van der Waals surface area contributed by atoms with Crippen LogP contribution >= 0.6 is 0 Å². The molecule has 3 aliphatic rings. The van der Waals surface area contributed by atoms with E-state index in [-0.39, 0.29) is 42.2 Å². The van der Waals surface area contributed by atoms with Crippen LogP contribution in [0.15, 0.2) is 36.4 Å². The van der Waals surface area contributed by atoms with E-state index in [2.05, 4.69) is 23.6 Å². The van der Waals surface area contributed by atoms with Crippen molar-refractivity contribution in [3.63, 3.8) is 0 Å². The lowest BCUT2D eigenvalue weighted by Gasteiger charge is -2.29. The minimum Gasteiger partial charge on any atom is -0.385 e. The molecule has 2 fully saturated rings. The Morgan fingerprint density at radius 1 is 1.26 bits per heavy atom. The van der Waals surface area contributed by atoms with Gasteiger partial charge in [0.2, 0.25) is 11.8 Å². The molecule has 1 saturated heterocycles. The van der Waals surface area contributed by atoms with Crippen LogP contribution in [0.3, 0.4) is 0 Å². The van der Waals surface area contributed by atoms with Crippen molar-refractivity contribution in [3.05, 3.63) is 64.5 Å². The van der Waals surface area contributed by atoms with Crippen LogP contribution in [0.25, 0.3) is 0 Å². The molecule has 9 heteroatoms. The molecule has 0 radical (unpaired) electrons. The summed E-state index contributed by atoms with van der Waals surface area (Å²) < 4.78 is 15.0. The van der Waals surface area contributed by atoms with Crippen molar-refractivity contribution in [1.29, 1.82) is 5.26 Å². The number of amides is 3. The summed E-state index contributed by atoms with van der Waals surface area (Å²) in [6.45, 7) is 2.98. The SMILES string of the molecule is CC(CCNc1cccc(C2(C#N)CC2)c1)CC(N)c1cc2c(cc1F)C(=O)N(C1CCC(=O)NC1=O)C2. The fraction of sp³-hybridized carbons (Fsp3) is 0.448. The standard InChI is InChI=1S/C29H32FN5O3/c1-17(7-10-33-20-4-2-3-19(13-20)29(16-31)8-9-29)11-24(32)22-12-18-15-35(28(38)21(18)14-23(22)30)25-5-6-26(36)34-27(25)37/h2-4,12-14,17,24-25,33H,5-11,15,32H2,1H3,(H,34,36,37). The fourth-order valence-corrected chi connectivity index (χ4v) is 5.55. The van der Waals surface area contributed by atoms with Crippen LogP contribution in [0.2, 0.25) is 0 Å². The molecule has 0 aromatic heterocycles. The molecule has 0 bridgehead atoms. The number of hydrogen-bond donors (Lipinski definition) is 3. The average molecular weight is 518 g/mol. The minimum absolute atomic E-state index is 0.167. The maximum Gasteiger partial charge on any atom is 0.255 e. The van der Waals surface area contributed by atoms with Gasteiger partial charge in [0, 0.05) is 42.4 Å². The number of hydrogen-bond acceptors (Lipinski definition) is 6. The molecule has 1 saturated carbocycles. The number of anilines is 1. The van der Waals surface area contributed by atoms with Crippen LogP contribution in [-0.2, 0) is 21.5 Å². The summed E-state index contributed by atoms with van der Waals surface area (Å²) in [5.74, 6) is -1.56. The molecule has 4 N–H and O–H groups in total. The Balaban J connectivity index is 1.17. The summed E-state index contributed by atoms with van der Waals surface area (Å²) in [7, 11) is 0. The lowest BCUT2D eigenvalue weighted by atomic mass is 9.92. The van der Waals surface area contributed by atoms with Crippen molar-refractivity contribution >= 4 is 23.4 Å². The first-order valence-electron chi connectivity index (χ1n) is 13.2. The number of carbonyl (C=O) groups is 3. The van der Waals surface area contributed by atoms with Crippen LogP contribution in [0.1, 0.15) is 78.5 Å². The topological polar surface area (TPSA) is 128 Å². The molecule has 5 rings (SSSR count). The third-order valence-electron chi connectivity index (χ3n) is 8.04. The highest BCUT2D eigenvalue weighted by Gasteiger charge is 2.45. The number of halogens is 1. The van der Waals surface area contributed by atoms with E-state index in [0.29, 0.717) is 17.5 Å². The normalized spacial score (nSPS) is 21.4. The van der Waals surface area contributed by atoms with E-state index >= 15 is 4.39 Å². The molecule has 8 nitrogen and oxygen atoms in total. The molecule has 2 aromatic carbocycles. The fourth-order valence-electron chi connectivity index (χ4n) is 5.55. The molecule has 3 atom stereocenters. The first-order valence-corrected chi connectivity index (χ1v) is 13.2. The summed E-state index contributed by atoms with van der Waals surface area (Å²) in [6, 6.07) is 12.0. The van der Waals surface area contributed by atoms with Crippen LogP contribution in [0.4, 0.5) is 10.1 Å². The zero-order chi connectivity index (χ0) is 27.0. The smallest absolute Gasteiger partial charge is 0.255 e. The summed E-state index contributed by atoms with van der Waals surface area (Å²) in [5, 5.41) is 15.1. The number of benzene rings is 2. The Morgan fingerprint density at radius 3 is 2.76 bits per heavy atom. The Bertz CT molecular complexity index is 1330. The first kappa shape index (κ1) is 25.9. The molecule has 2 aromatic rings. The van der Waals surface area contributed by atoms with Crippen molar-refractivity contribution in [2.24, 2.45) is 11.7 Å². The number of nitriles is 1. The highest BCUT2D eigenvalue weighted by molar-refractivity contribution is 6.05. The number of imide groups is 1. The van der Waals surface area contributed by atoms with E-state index in [9.17, 15) is 19.6 Å². The second kappa shape index (κ2) is 10.2. The van der Waals surface area contributed by atoms with E-state index in [4.69, 9.17) is 5.73 Å². The van der Waals surface area contributed by atoms with E-state index in [1.807, 2.05) is 24.3 Å². The Hall–Kier alpha value is -3.77. The number of nitrogens with two attached hydrogens (primary N) is 1. The summed E-state index contributed by atoms with van der Waals surface area (Å²) in [5.41, 5.74) is 9.39. The molecule has 2 heterocycles. The molecule has 3 amide bonds. The summed E-state index contributed by atoms with van der Waals surface area (Å²) in [6.07, 6.45) is 3.64. The molecule has 3 unspecified atom stereocenters. The maximum absolute atomic E-state index is 15.0. The predicted molar refractivity (Wildman–Crippen MR) is 139 cm³/mol. The number of fused-ring (bicyclic) bond motifs is 1. The maximum atomic E-state index is 15.0. The average Bonchev–Trinajstić information content (AvgIpc) is 3.63. The summed E-state index contributed by atoms with van der Waals surface area (Å²) in [4.78, 5) is 38.1. The van der Waals surface area contributed by atoms with E-state index in [1.165, 1.54) is 11.0 Å². The highest BCUT2D eigenvalue weighted by atomic mass is 19.1. The predicted octanol–water partition coefficient (Wildman–Crippen LogP) is 3.67. The van der Waals surface area contributed by atoms with Gasteiger partial charge < -0.3 is 16.0 Å². The van der Waals surface area contributed by atoms with Gasteiger partial charge in [-0.3, -0.25) is 19.7 Å². The van der Waals surface area contributed by atoms with Gasteiger partial charge in [-0.2, -0.15) is 5.26 Å². The Labute approximate surface area is 221 Å². The van der Waals surface area contributed by atoms with Gasteiger partial charge in [-0.15, -0.1) is 0 Å². The van der Waals surface area contributed by atoms with Gasteiger partial charge in [0.15, 0.2) is 0 Å². The third kappa shape index (κ3) is 5.01. The largest absolute Gasteiger partial charge is 0.385 e. The van der Waals surface area contributed by atoms with Crippen LogP contribution in [-0.4, -0.2) is 35.2 Å². The van der Waals surface area contributed by atoms with Crippen molar-refractivity contribution in [2.75, 3.05) is 11.9 Å². The number of piperidine rings is 1.